The van der Waals surface area contributed by atoms with Crippen LogP contribution in [0, 0.1) is 5.41 Å². The summed E-state index contributed by atoms with van der Waals surface area (Å²) in [5.74, 6) is -0.182. The van der Waals surface area contributed by atoms with Crippen LogP contribution in [0.1, 0.15) is 24.1 Å². The number of guanidine groups is 1. The van der Waals surface area contributed by atoms with Crippen molar-refractivity contribution in [1.29, 1.82) is 5.41 Å². The van der Waals surface area contributed by atoms with Crippen molar-refractivity contribution in [2.24, 2.45) is 27.4 Å². The van der Waals surface area contributed by atoms with Gasteiger partial charge in [-0.05, 0) is 19.3 Å². The number of hydrogen-bond donors (Lipinski definition) is 4. The molecule has 0 aliphatic heterocycles. The third-order valence-corrected chi connectivity index (χ3v) is 2.52. The molecule has 7 N–H and O–H groups in total. The van der Waals surface area contributed by atoms with Gasteiger partial charge in [0.2, 0.25) is 11.9 Å². The summed E-state index contributed by atoms with van der Waals surface area (Å²) in [6, 6.07) is 0. The number of aromatic nitrogens is 2. The van der Waals surface area contributed by atoms with E-state index in [1.54, 1.807) is 6.20 Å². The Labute approximate surface area is 97.7 Å². The largest absolute Gasteiger partial charge is 0.369 e. The molecule has 1 aromatic rings. The molecule has 1 aliphatic carbocycles. The lowest BCUT2D eigenvalue weighted by Gasteiger charge is -2.14. The van der Waals surface area contributed by atoms with Crippen LogP contribution in [-0.4, -0.2) is 27.4 Å². The monoisotopic (exact) mass is 234 g/mol. The first kappa shape index (κ1) is 11.1. The Morgan fingerprint density at radius 2 is 2.12 bits per heavy atom. The Balaban J connectivity index is 2.43. The highest BCUT2D eigenvalue weighted by molar-refractivity contribution is 6.03. The second kappa shape index (κ2) is 4.24. The summed E-state index contributed by atoms with van der Waals surface area (Å²) in [6.07, 6.45) is 4.14. The maximum absolute atomic E-state index is 7.40. The summed E-state index contributed by atoms with van der Waals surface area (Å²) in [5, 5.41) is 19.1. The molecule has 8 nitrogen and oxygen atoms in total. The van der Waals surface area contributed by atoms with Crippen molar-refractivity contribution < 1.29 is 0 Å². The van der Waals surface area contributed by atoms with E-state index >= 15 is 0 Å². The van der Waals surface area contributed by atoms with Gasteiger partial charge in [0.1, 0.15) is 0 Å². The molecule has 2 rings (SSSR count). The van der Waals surface area contributed by atoms with E-state index in [-0.39, 0.29) is 11.9 Å². The summed E-state index contributed by atoms with van der Waals surface area (Å²) in [4.78, 5) is 0. The van der Waals surface area contributed by atoms with E-state index in [1.165, 1.54) is 4.68 Å². The highest BCUT2D eigenvalue weighted by Gasteiger charge is 2.21. The molecule has 0 saturated carbocycles. The quantitative estimate of drug-likeness (QED) is 0.279. The second-order valence-corrected chi connectivity index (χ2v) is 3.73. The molecular weight excluding hydrogens is 220 g/mol. The van der Waals surface area contributed by atoms with Crippen LogP contribution in [0.4, 0.5) is 0 Å². The molecule has 0 aromatic carbocycles. The minimum Gasteiger partial charge on any atom is -0.369 e. The molecule has 8 heteroatoms. The molecular formula is C9H14N8. The normalized spacial score (nSPS) is 16.6. The average molecular weight is 234 g/mol. The van der Waals surface area contributed by atoms with Crippen LogP contribution in [-0.2, 0) is 6.42 Å². The Morgan fingerprint density at radius 3 is 2.76 bits per heavy atom. The maximum Gasteiger partial charge on any atom is 0.213 e. The van der Waals surface area contributed by atoms with Crippen molar-refractivity contribution in [1.82, 2.24) is 9.78 Å². The van der Waals surface area contributed by atoms with Crippen LogP contribution in [0.25, 0.3) is 0 Å². The highest BCUT2D eigenvalue weighted by atomic mass is 15.3. The number of nitrogens with zero attached hydrogens (tertiary/aromatic N) is 4. The van der Waals surface area contributed by atoms with E-state index in [1.807, 2.05) is 0 Å². The van der Waals surface area contributed by atoms with Crippen LogP contribution in [0.2, 0.25) is 0 Å². The summed E-state index contributed by atoms with van der Waals surface area (Å²) >= 11 is 0. The lowest BCUT2D eigenvalue weighted by atomic mass is 9.96. The first-order valence-corrected chi connectivity index (χ1v) is 5.16. The zero-order chi connectivity index (χ0) is 12.4. The van der Waals surface area contributed by atoms with E-state index in [4.69, 9.17) is 22.6 Å². The summed E-state index contributed by atoms with van der Waals surface area (Å²) < 4.78 is 1.40. The third kappa shape index (κ3) is 2.10. The highest BCUT2D eigenvalue weighted by Crippen LogP contribution is 2.21. The van der Waals surface area contributed by atoms with Crippen LogP contribution in [0.3, 0.4) is 0 Å². The number of fused-ring (bicyclic) bond motifs is 1. The fourth-order valence-electron chi connectivity index (χ4n) is 1.84. The lowest BCUT2D eigenvalue weighted by molar-refractivity contribution is 0.759. The van der Waals surface area contributed by atoms with Crippen LogP contribution < -0.4 is 17.2 Å². The van der Waals surface area contributed by atoms with Crippen molar-refractivity contribution in [2.45, 2.75) is 19.3 Å². The summed E-state index contributed by atoms with van der Waals surface area (Å²) in [6.45, 7) is 0. The lowest BCUT2D eigenvalue weighted by Crippen LogP contribution is -2.26. The molecule has 0 fully saturated rings. The van der Waals surface area contributed by atoms with Gasteiger partial charge in [-0.25, -0.2) is 4.68 Å². The maximum atomic E-state index is 7.40. The van der Waals surface area contributed by atoms with Crippen molar-refractivity contribution in [3.05, 3.63) is 17.5 Å². The molecule has 1 aromatic heterocycles. The molecule has 1 heterocycles. The van der Waals surface area contributed by atoms with Gasteiger partial charge < -0.3 is 17.2 Å². The van der Waals surface area contributed by atoms with E-state index in [0.717, 1.165) is 36.2 Å². The van der Waals surface area contributed by atoms with Gasteiger partial charge in [-0.15, -0.1) is 5.10 Å². The smallest absolute Gasteiger partial charge is 0.213 e. The Bertz CT molecular complexity index is 505. The minimum absolute atomic E-state index is 0.0800. The fourth-order valence-corrected chi connectivity index (χ4v) is 1.84. The molecule has 0 amide bonds. The predicted molar refractivity (Wildman–Crippen MR) is 64.8 cm³/mol. The van der Waals surface area contributed by atoms with Crippen molar-refractivity contribution >= 4 is 17.6 Å². The van der Waals surface area contributed by atoms with Gasteiger partial charge in [-0.2, -0.15) is 10.2 Å². The fraction of sp³-hybridized carbons (Fsp3) is 0.333. The van der Waals surface area contributed by atoms with Crippen molar-refractivity contribution in [2.75, 3.05) is 0 Å². The van der Waals surface area contributed by atoms with Gasteiger partial charge in [0, 0.05) is 5.56 Å². The zero-order valence-corrected chi connectivity index (χ0v) is 9.22. The molecule has 90 valence electrons. The number of nitrogen functional groups attached to an aromatic ring is 1. The molecule has 1 aliphatic rings. The Kier molecular flexibility index (Phi) is 2.77. The van der Waals surface area contributed by atoms with Crippen LogP contribution in [0.15, 0.2) is 16.4 Å². The van der Waals surface area contributed by atoms with Gasteiger partial charge in [-0.1, -0.05) is 0 Å². The first-order chi connectivity index (χ1) is 8.09. The summed E-state index contributed by atoms with van der Waals surface area (Å²) in [5.41, 5.74) is 18.4. The van der Waals surface area contributed by atoms with Crippen molar-refractivity contribution in [3.63, 3.8) is 0 Å². The zero-order valence-electron chi connectivity index (χ0n) is 9.22. The average Bonchev–Trinajstić information content (AvgIpc) is 2.70. The topological polar surface area (TPSA) is 144 Å². The molecule has 17 heavy (non-hydrogen) atoms. The number of nitrogens with two attached hydrogens (primary N) is 3. The SMILES string of the molecule is N=C(N)n1ncc2c1CCCC2=NN=C(N)N. The second-order valence-electron chi connectivity index (χ2n) is 3.73. The number of hydrogen-bond acceptors (Lipinski definition) is 4. The van der Waals surface area contributed by atoms with E-state index < -0.39 is 0 Å². The summed E-state index contributed by atoms with van der Waals surface area (Å²) in [7, 11) is 0. The van der Waals surface area contributed by atoms with E-state index in [0.29, 0.717) is 0 Å². The van der Waals surface area contributed by atoms with Gasteiger partial charge in [0.15, 0.2) is 0 Å². The minimum atomic E-state index is -0.102. The van der Waals surface area contributed by atoms with Gasteiger partial charge >= 0.3 is 0 Å². The van der Waals surface area contributed by atoms with Gasteiger partial charge in [-0.3, -0.25) is 5.41 Å². The predicted octanol–water partition coefficient (Wildman–Crippen LogP) is -1.06. The van der Waals surface area contributed by atoms with Crippen LogP contribution in [0.5, 0.6) is 0 Å². The van der Waals surface area contributed by atoms with E-state index in [2.05, 4.69) is 15.3 Å². The molecule has 0 atom stereocenters. The third-order valence-electron chi connectivity index (χ3n) is 2.52. The Hall–Kier alpha value is -2.38. The molecule has 0 unspecified atom stereocenters. The molecule has 0 bridgehead atoms. The Morgan fingerprint density at radius 1 is 1.35 bits per heavy atom. The van der Waals surface area contributed by atoms with Crippen LogP contribution >= 0.6 is 0 Å². The standard InChI is InChI=1S/C9H14N8/c10-8(11)16-15-6-2-1-3-7-5(6)4-14-17(7)9(12)13/h4H,1-3H2,(H3,12,13)(H4,10,11,16). The van der Waals surface area contributed by atoms with E-state index in [9.17, 15) is 0 Å². The van der Waals surface area contributed by atoms with Gasteiger partial charge in [0.25, 0.3) is 0 Å². The van der Waals surface area contributed by atoms with Crippen molar-refractivity contribution in [3.8, 4) is 0 Å². The molecule has 0 radical (unpaired) electrons. The first-order valence-electron chi connectivity index (χ1n) is 5.16. The van der Waals surface area contributed by atoms with Gasteiger partial charge in [0.05, 0.1) is 17.6 Å². The number of nitrogens with one attached hydrogen (secondary N) is 1. The molecule has 0 saturated heterocycles. The molecule has 0 spiro atoms. The number of rotatable bonds is 1.